The fourth-order valence-electron chi connectivity index (χ4n) is 2.87. The standard InChI is InChI=1S/C15H23N3O2/c1-10(2)9-13-16-14(20-17-13)12-5-3-4-8-18(12)15(19)11-6-7-11/h10-12H,3-9H2,1-2H3/t12-/m0/s1. The number of rotatable bonds is 4. The average Bonchev–Trinajstić information content (AvgIpc) is 3.18. The molecule has 1 aliphatic heterocycles. The fraction of sp³-hybridized carbons (Fsp3) is 0.800. The van der Waals surface area contributed by atoms with E-state index in [1.807, 2.05) is 4.90 Å². The normalized spacial score (nSPS) is 23.4. The Kier molecular flexibility index (Phi) is 3.76. The lowest BCUT2D eigenvalue weighted by Gasteiger charge is -2.33. The molecule has 1 saturated heterocycles. The van der Waals surface area contributed by atoms with Gasteiger partial charge in [-0.2, -0.15) is 4.98 Å². The predicted octanol–water partition coefficient (Wildman–Crippen LogP) is 2.73. The first-order chi connectivity index (χ1) is 9.65. The van der Waals surface area contributed by atoms with Crippen LogP contribution in [0.3, 0.4) is 0 Å². The summed E-state index contributed by atoms with van der Waals surface area (Å²) < 4.78 is 5.43. The molecule has 0 unspecified atom stereocenters. The van der Waals surface area contributed by atoms with E-state index in [9.17, 15) is 4.79 Å². The van der Waals surface area contributed by atoms with Crippen molar-refractivity contribution in [1.82, 2.24) is 15.0 Å². The summed E-state index contributed by atoms with van der Waals surface area (Å²) in [6.45, 7) is 5.11. The Morgan fingerprint density at radius 1 is 1.35 bits per heavy atom. The zero-order chi connectivity index (χ0) is 14.1. The van der Waals surface area contributed by atoms with Crippen molar-refractivity contribution >= 4 is 5.91 Å². The highest BCUT2D eigenvalue weighted by Crippen LogP contribution is 2.37. The molecule has 1 aliphatic carbocycles. The minimum absolute atomic E-state index is 0.00487. The number of carbonyl (C=O) groups is 1. The Bertz CT molecular complexity index is 479. The SMILES string of the molecule is CC(C)Cc1noc([C@@H]2CCCCN2C(=O)C2CC2)n1. The molecular formula is C15H23N3O2. The summed E-state index contributed by atoms with van der Waals surface area (Å²) >= 11 is 0. The molecular weight excluding hydrogens is 254 g/mol. The summed E-state index contributed by atoms with van der Waals surface area (Å²) in [5.41, 5.74) is 0. The molecule has 1 aromatic rings. The number of likely N-dealkylation sites (tertiary alicyclic amines) is 1. The van der Waals surface area contributed by atoms with Gasteiger partial charge >= 0.3 is 0 Å². The van der Waals surface area contributed by atoms with Crippen molar-refractivity contribution in [2.45, 2.75) is 58.4 Å². The van der Waals surface area contributed by atoms with Gasteiger partial charge < -0.3 is 9.42 Å². The lowest BCUT2D eigenvalue weighted by atomic mass is 10.0. The summed E-state index contributed by atoms with van der Waals surface area (Å²) in [6.07, 6.45) is 6.08. The first-order valence-corrected chi connectivity index (χ1v) is 7.78. The monoisotopic (exact) mass is 277 g/mol. The molecule has 1 atom stereocenters. The quantitative estimate of drug-likeness (QED) is 0.849. The molecule has 2 heterocycles. The van der Waals surface area contributed by atoms with E-state index in [2.05, 4.69) is 24.0 Å². The molecule has 5 nitrogen and oxygen atoms in total. The minimum atomic E-state index is 0.00487. The van der Waals surface area contributed by atoms with E-state index >= 15 is 0 Å². The van der Waals surface area contributed by atoms with Crippen LogP contribution in [-0.4, -0.2) is 27.5 Å². The molecule has 0 aromatic carbocycles. The molecule has 0 bridgehead atoms. The number of piperidine rings is 1. The van der Waals surface area contributed by atoms with Crippen molar-refractivity contribution in [1.29, 1.82) is 0 Å². The van der Waals surface area contributed by atoms with Gasteiger partial charge in [0.05, 0.1) is 0 Å². The molecule has 2 aliphatic rings. The maximum atomic E-state index is 12.4. The molecule has 1 amide bonds. The Labute approximate surface area is 119 Å². The van der Waals surface area contributed by atoms with Crippen LogP contribution in [0.2, 0.25) is 0 Å². The number of nitrogens with zero attached hydrogens (tertiary/aromatic N) is 3. The molecule has 0 spiro atoms. The van der Waals surface area contributed by atoms with Gasteiger partial charge in [0, 0.05) is 18.9 Å². The number of amides is 1. The average molecular weight is 277 g/mol. The Balaban J connectivity index is 1.75. The summed E-state index contributed by atoms with van der Waals surface area (Å²) in [4.78, 5) is 18.9. The minimum Gasteiger partial charge on any atom is -0.337 e. The maximum Gasteiger partial charge on any atom is 0.249 e. The highest BCUT2D eigenvalue weighted by molar-refractivity contribution is 5.81. The second-order valence-electron chi connectivity index (χ2n) is 6.46. The number of hydrogen-bond acceptors (Lipinski definition) is 4. The summed E-state index contributed by atoms with van der Waals surface area (Å²) in [6, 6.07) is 0.00487. The van der Waals surface area contributed by atoms with Gasteiger partial charge in [-0.1, -0.05) is 19.0 Å². The van der Waals surface area contributed by atoms with Crippen LogP contribution in [0.4, 0.5) is 0 Å². The van der Waals surface area contributed by atoms with E-state index in [0.717, 1.165) is 50.9 Å². The van der Waals surface area contributed by atoms with Gasteiger partial charge in [-0.3, -0.25) is 4.79 Å². The third kappa shape index (κ3) is 2.86. The van der Waals surface area contributed by atoms with Crippen molar-refractivity contribution in [3.63, 3.8) is 0 Å². The molecule has 0 N–H and O–H groups in total. The van der Waals surface area contributed by atoms with Gasteiger partial charge in [-0.25, -0.2) is 0 Å². The zero-order valence-corrected chi connectivity index (χ0v) is 12.3. The lowest BCUT2D eigenvalue weighted by Crippen LogP contribution is -2.39. The Morgan fingerprint density at radius 2 is 2.15 bits per heavy atom. The number of aromatic nitrogens is 2. The van der Waals surface area contributed by atoms with Crippen LogP contribution >= 0.6 is 0 Å². The van der Waals surface area contributed by atoms with Gasteiger partial charge in [-0.05, 0) is 38.0 Å². The van der Waals surface area contributed by atoms with Crippen LogP contribution in [-0.2, 0) is 11.2 Å². The summed E-state index contributed by atoms with van der Waals surface area (Å²) in [5, 5.41) is 4.06. The van der Waals surface area contributed by atoms with Crippen LogP contribution in [0.25, 0.3) is 0 Å². The molecule has 0 radical (unpaired) electrons. The third-order valence-electron chi connectivity index (χ3n) is 4.07. The second-order valence-corrected chi connectivity index (χ2v) is 6.46. The molecule has 20 heavy (non-hydrogen) atoms. The highest BCUT2D eigenvalue weighted by atomic mass is 16.5. The molecule has 1 aromatic heterocycles. The summed E-state index contributed by atoms with van der Waals surface area (Å²) in [5.74, 6) is 2.46. The van der Waals surface area contributed by atoms with Crippen LogP contribution in [0.1, 0.15) is 63.7 Å². The van der Waals surface area contributed by atoms with Crippen molar-refractivity contribution in [2.75, 3.05) is 6.54 Å². The Hall–Kier alpha value is -1.39. The largest absolute Gasteiger partial charge is 0.337 e. The number of hydrogen-bond donors (Lipinski definition) is 0. The van der Waals surface area contributed by atoms with Gasteiger partial charge in [0.15, 0.2) is 5.82 Å². The van der Waals surface area contributed by atoms with Gasteiger partial charge in [0.2, 0.25) is 11.8 Å². The molecule has 110 valence electrons. The van der Waals surface area contributed by atoms with Crippen molar-refractivity contribution in [2.24, 2.45) is 11.8 Å². The number of carbonyl (C=O) groups excluding carboxylic acids is 1. The third-order valence-corrected chi connectivity index (χ3v) is 4.07. The molecule has 2 fully saturated rings. The van der Waals surface area contributed by atoms with E-state index in [-0.39, 0.29) is 12.0 Å². The van der Waals surface area contributed by atoms with E-state index in [4.69, 9.17) is 4.52 Å². The van der Waals surface area contributed by atoms with Crippen LogP contribution in [0, 0.1) is 11.8 Å². The maximum absolute atomic E-state index is 12.4. The van der Waals surface area contributed by atoms with E-state index in [1.165, 1.54) is 0 Å². The van der Waals surface area contributed by atoms with Crippen LogP contribution in [0.15, 0.2) is 4.52 Å². The van der Waals surface area contributed by atoms with E-state index in [0.29, 0.717) is 17.7 Å². The first-order valence-electron chi connectivity index (χ1n) is 7.78. The van der Waals surface area contributed by atoms with E-state index < -0.39 is 0 Å². The van der Waals surface area contributed by atoms with Gasteiger partial charge in [0.25, 0.3) is 0 Å². The zero-order valence-electron chi connectivity index (χ0n) is 12.3. The smallest absolute Gasteiger partial charge is 0.249 e. The summed E-state index contributed by atoms with van der Waals surface area (Å²) in [7, 11) is 0. The second kappa shape index (κ2) is 5.54. The predicted molar refractivity (Wildman–Crippen MR) is 73.9 cm³/mol. The molecule has 3 rings (SSSR count). The van der Waals surface area contributed by atoms with Crippen molar-refractivity contribution < 1.29 is 9.32 Å². The van der Waals surface area contributed by atoms with Crippen molar-refractivity contribution in [3.05, 3.63) is 11.7 Å². The first kappa shape index (κ1) is 13.6. The van der Waals surface area contributed by atoms with Gasteiger partial charge in [-0.15, -0.1) is 0 Å². The fourth-order valence-corrected chi connectivity index (χ4v) is 2.87. The van der Waals surface area contributed by atoms with Crippen LogP contribution < -0.4 is 0 Å². The molecule has 5 heteroatoms. The van der Waals surface area contributed by atoms with Crippen molar-refractivity contribution in [3.8, 4) is 0 Å². The van der Waals surface area contributed by atoms with Gasteiger partial charge in [0.1, 0.15) is 6.04 Å². The topological polar surface area (TPSA) is 59.2 Å². The Morgan fingerprint density at radius 3 is 2.85 bits per heavy atom. The van der Waals surface area contributed by atoms with E-state index in [1.54, 1.807) is 0 Å². The highest BCUT2D eigenvalue weighted by Gasteiger charge is 2.39. The van der Waals surface area contributed by atoms with Crippen LogP contribution in [0.5, 0.6) is 0 Å². The molecule has 1 saturated carbocycles. The lowest BCUT2D eigenvalue weighted by molar-refractivity contribution is -0.137.